The van der Waals surface area contributed by atoms with Crippen molar-refractivity contribution in [2.45, 2.75) is 13.3 Å². The lowest BCUT2D eigenvalue weighted by Crippen LogP contribution is -2.28. The SMILES string of the molecule is Cc1ccc(-n2cnnn2)cc1NC(=O)[C@@H]1CC(=O)N(c2ccccc2)C1. The summed E-state index contributed by atoms with van der Waals surface area (Å²) in [4.78, 5) is 26.8. The number of rotatable bonds is 4. The van der Waals surface area contributed by atoms with E-state index < -0.39 is 5.92 Å². The number of nitrogens with zero attached hydrogens (tertiary/aromatic N) is 5. The van der Waals surface area contributed by atoms with Gasteiger partial charge in [0.15, 0.2) is 0 Å². The van der Waals surface area contributed by atoms with Crippen LogP contribution in [-0.2, 0) is 9.59 Å². The molecule has 3 aromatic rings. The second kappa shape index (κ2) is 6.99. The van der Waals surface area contributed by atoms with Crippen molar-refractivity contribution in [1.82, 2.24) is 20.2 Å². The van der Waals surface area contributed by atoms with Crippen LogP contribution in [0.4, 0.5) is 11.4 Å². The Bertz CT molecular complexity index is 971. The number of nitrogens with one attached hydrogen (secondary N) is 1. The number of carbonyl (C=O) groups excluding carboxylic acids is 2. The molecule has 1 aromatic heterocycles. The van der Waals surface area contributed by atoms with E-state index in [9.17, 15) is 9.59 Å². The first-order chi connectivity index (χ1) is 13.1. The monoisotopic (exact) mass is 362 g/mol. The number of carbonyl (C=O) groups is 2. The number of aromatic nitrogens is 4. The fourth-order valence-corrected chi connectivity index (χ4v) is 3.14. The number of tetrazole rings is 1. The van der Waals surface area contributed by atoms with Gasteiger partial charge >= 0.3 is 0 Å². The van der Waals surface area contributed by atoms with Gasteiger partial charge in [-0.3, -0.25) is 9.59 Å². The minimum absolute atomic E-state index is 0.0412. The molecule has 1 aliphatic heterocycles. The average Bonchev–Trinajstić information content (AvgIpc) is 3.34. The maximum Gasteiger partial charge on any atom is 0.229 e. The Morgan fingerprint density at radius 1 is 1.15 bits per heavy atom. The van der Waals surface area contributed by atoms with E-state index in [0.29, 0.717) is 12.2 Å². The molecule has 0 saturated carbocycles. The van der Waals surface area contributed by atoms with Crippen LogP contribution in [0.5, 0.6) is 0 Å². The van der Waals surface area contributed by atoms with E-state index in [-0.39, 0.29) is 18.2 Å². The summed E-state index contributed by atoms with van der Waals surface area (Å²) in [6.07, 6.45) is 1.69. The first-order valence-electron chi connectivity index (χ1n) is 8.62. The van der Waals surface area contributed by atoms with Crippen molar-refractivity contribution in [3.63, 3.8) is 0 Å². The third kappa shape index (κ3) is 3.41. The lowest BCUT2D eigenvalue weighted by molar-refractivity contribution is -0.122. The van der Waals surface area contributed by atoms with Gasteiger partial charge in [0.1, 0.15) is 6.33 Å². The normalized spacial score (nSPS) is 16.6. The molecule has 0 bridgehead atoms. The molecule has 1 saturated heterocycles. The molecule has 136 valence electrons. The minimum Gasteiger partial charge on any atom is -0.325 e. The van der Waals surface area contributed by atoms with E-state index in [0.717, 1.165) is 16.9 Å². The Morgan fingerprint density at radius 3 is 2.70 bits per heavy atom. The fourth-order valence-electron chi connectivity index (χ4n) is 3.14. The predicted octanol–water partition coefficient (Wildman–Crippen LogP) is 1.96. The Kier molecular flexibility index (Phi) is 4.37. The molecule has 0 aliphatic carbocycles. The first kappa shape index (κ1) is 16.9. The van der Waals surface area contributed by atoms with E-state index in [2.05, 4.69) is 20.8 Å². The summed E-state index contributed by atoms with van der Waals surface area (Å²) >= 11 is 0. The van der Waals surface area contributed by atoms with Crippen LogP contribution in [0.15, 0.2) is 54.9 Å². The Balaban J connectivity index is 1.50. The summed E-state index contributed by atoms with van der Waals surface area (Å²) in [5.74, 6) is -0.604. The highest BCUT2D eigenvalue weighted by atomic mass is 16.2. The summed E-state index contributed by atoms with van der Waals surface area (Å²) < 4.78 is 1.52. The summed E-state index contributed by atoms with van der Waals surface area (Å²) in [6.45, 7) is 2.29. The molecule has 2 amide bonds. The Morgan fingerprint density at radius 2 is 1.96 bits per heavy atom. The zero-order chi connectivity index (χ0) is 18.8. The Hall–Kier alpha value is -3.55. The predicted molar refractivity (Wildman–Crippen MR) is 99.4 cm³/mol. The molecule has 4 rings (SSSR count). The topological polar surface area (TPSA) is 93.0 Å². The standard InChI is InChI=1S/C19H18N6O2/c1-13-7-8-16(25-12-20-22-23-25)10-17(13)21-19(27)14-9-18(26)24(11-14)15-5-3-2-4-6-15/h2-8,10,12,14H,9,11H2,1H3,(H,21,27)/t14-/m1/s1. The molecule has 2 heterocycles. The Labute approximate surface area is 155 Å². The van der Waals surface area contributed by atoms with Crippen molar-refractivity contribution in [2.24, 2.45) is 5.92 Å². The summed E-state index contributed by atoms with van der Waals surface area (Å²) in [5, 5.41) is 14.1. The van der Waals surface area contributed by atoms with Gasteiger partial charge in [-0.15, -0.1) is 5.10 Å². The number of anilines is 2. The number of para-hydroxylation sites is 1. The number of hydrogen-bond donors (Lipinski definition) is 1. The van der Waals surface area contributed by atoms with Crippen LogP contribution in [0, 0.1) is 12.8 Å². The van der Waals surface area contributed by atoms with E-state index in [1.165, 1.54) is 11.0 Å². The zero-order valence-electron chi connectivity index (χ0n) is 14.7. The molecule has 27 heavy (non-hydrogen) atoms. The molecule has 1 fully saturated rings. The van der Waals surface area contributed by atoms with Gasteiger partial charge in [-0.1, -0.05) is 24.3 Å². The first-order valence-corrected chi connectivity index (χ1v) is 8.62. The lowest BCUT2D eigenvalue weighted by Gasteiger charge is -2.17. The van der Waals surface area contributed by atoms with Crippen LogP contribution in [0.1, 0.15) is 12.0 Å². The van der Waals surface area contributed by atoms with Gasteiger partial charge in [-0.2, -0.15) is 0 Å². The van der Waals surface area contributed by atoms with E-state index in [1.54, 1.807) is 4.90 Å². The molecule has 8 heteroatoms. The van der Waals surface area contributed by atoms with Crippen LogP contribution < -0.4 is 10.2 Å². The highest BCUT2D eigenvalue weighted by molar-refractivity contribution is 6.03. The number of aryl methyl sites for hydroxylation is 1. The quantitative estimate of drug-likeness (QED) is 0.766. The van der Waals surface area contributed by atoms with Crippen molar-refractivity contribution in [3.05, 3.63) is 60.4 Å². The molecule has 1 aliphatic rings. The van der Waals surface area contributed by atoms with Crippen molar-refractivity contribution in [3.8, 4) is 5.69 Å². The minimum atomic E-state index is -0.395. The molecule has 0 unspecified atom stereocenters. The molecule has 8 nitrogen and oxygen atoms in total. The summed E-state index contributed by atoms with van der Waals surface area (Å²) in [7, 11) is 0. The highest BCUT2D eigenvalue weighted by Crippen LogP contribution is 2.27. The van der Waals surface area contributed by atoms with Crippen molar-refractivity contribution < 1.29 is 9.59 Å². The maximum absolute atomic E-state index is 12.8. The van der Waals surface area contributed by atoms with Crippen LogP contribution in [0.3, 0.4) is 0 Å². The van der Waals surface area contributed by atoms with Crippen LogP contribution in [-0.4, -0.2) is 38.6 Å². The summed E-state index contributed by atoms with van der Waals surface area (Å²) in [6, 6.07) is 15.0. The number of amides is 2. The fraction of sp³-hybridized carbons (Fsp3) is 0.211. The second-order valence-electron chi connectivity index (χ2n) is 6.48. The third-order valence-electron chi connectivity index (χ3n) is 4.66. The van der Waals surface area contributed by atoms with Gasteiger partial charge in [0, 0.05) is 24.3 Å². The van der Waals surface area contributed by atoms with E-state index >= 15 is 0 Å². The highest BCUT2D eigenvalue weighted by Gasteiger charge is 2.35. The van der Waals surface area contributed by atoms with Gasteiger partial charge in [-0.05, 0) is 47.2 Å². The van der Waals surface area contributed by atoms with Gasteiger partial charge in [0.2, 0.25) is 11.8 Å². The molecular formula is C19H18N6O2. The number of benzene rings is 2. The third-order valence-corrected chi connectivity index (χ3v) is 4.66. The van der Waals surface area contributed by atoms with Crippen LogP contribution in [0.2, 0.25) is 0 Å². The lowest BCUT2D eigenvalue weighted by atomic mass is 10.1. The molecule has 1 N–H and O–H groups in total. The molecule has 2 aromatic carbocycles. The molecule has 1 atom stereocenters. The van der Waals surface area contributed by atoms with E-state index in [4.69, 9.17) is 0 Å². The smallest absolute Gasteiger partial charge is 0.229 e. The molecule has 0 radical (unpaired) electrons. The maximum atomic E-state index is 12.8. The average molecular weight is 362 g/mol. The number of hydrogen-bond acceptors (Lipinski definition) is 5. The zero-order valence-corrected chi connectivity index (χ0v) is 14.7. The van der Waals surface area contributed by atoms with Gasteiger partial charge in [0.25, 0.3) is 0 Å². The van der Waals surface area contributed by atoms with Crippen LogP contribution in [0.25, 0.3) is 5.69 Å². The molecular weight excluding hydrogens is 344 g/mol. The van der Waals surface area contributed by atoms with Crippen LogP contribution >= 0.6 is 0 Å². The van der Waals surface area contributed by atoms with Crippen molar-refractivity contribution in [2.75, 3.05) is 16.8 Å². The largest absolute Gasteiger partial charge is 0.325 e. The van der Waals surface area contributed by atoms with Crippen molar-refractivity contribution >= 4 is 23.2 Å². The van der Waals surface area contributed by atoms with E-state index in [1.807, 2.05) is 55.5 Å². The van der Waals surface area contributed by atoms with Gasteiger partial charge in [-0.25, -0.2) is 4.68 Å². The molecule has 0 spiro atoms. The summed E-state index contributed by atoms with van der Waals surface area (Å²) in [5.41, 5.74) is 3.16. The van der Waals surface area contributed by atoms with Crippen molar-refractivity contribution in [1.29, 1.82) is 0 Å². The second-order valence-corrected chi connectivity index (χ2v) is 6.48. The van der Waals surface area contributed by atoms with Gasteiger partial charge in [0.05, 0.1) is 11.6 Å². The van der Waals surface area contributed by atoms with Gasteiger partial charge < -0.3 is 10.2 Å².